The number of rotatable bonds is 11. The van der Waals surface area contributed by atoms with Gasteiger partial charge >= 0.3 is 5.97 Å². The van der Waals surface area contributed by atoms with Gasteiger partial charge in [-0.05, 0) is 66.0 Å². The van der Waals surface area contributed by atoms with Crippen molar-refractivity contribution in [2.45, 2.75) is 72.1 Å². The van der Waals surface area contributed by atoms with Crippen molar-refractivity contribution in [3.05, 3.63) is 70.3 Å². The summed E-state index contributed by atoms with van der Waals surface area (Å²) < 4.78 is 0. The van der Waals surface area contributed by atoms with Crippen LogP contribution >= 0.6 is 0 Å². The van der Waals surface area contributed by atoms with Gasteiger partial charge in [-0.2, -0.15) is 0 Å². The molecule has 0 atom stereocenters. The molecule has 0 saturated carbocycles. The van der Waals surface area contributed by atoms with Crippen LogP contribution in [0.3, 0.4) is 0 Å². The zero-order valence-electron chi connectivity index (χ0n) is 17.6. The fourth-order valence-electron chi connectivity index (χ4n) is 3.76. The van der Waals surface area contributed by atoms with Crippen LogP contribution in [0.15, 0.2) is 42.5 Å². The Morgan fingerprint density at radius 1 is 0.893 bits per heavy atom. The smallest absolute Gasteiger partial charge is 0.336 e. The Bertz CT molecular complexity index is 788. The van der Waals surface area contributed by atoms with E-state index in [2.05, 4.69) is 39.0 Å². The zero-order chi connectivity index (χ0) is 20.4. The predicted octanol–water partition coefficient (Wildman–Crippen LogP) is 7.41. The van der Waals surface area contributed by atoms with Gasteiger partial charge in [-0.1, -0.05) is 82.5 Å². The molecule has 0 saturated heterocycles. The zero-order valence-corrected chi connectivity index (χ0v) is 17.6. The van der Waals surface area contributed by atoms with Gasteiger partial charge in [0, 0.05) is 0 Å². The fourth-order valence-corrected chi connectivity index (χ4v) is 3.76. The van der Waals surface area contributed by atoms with E-state index in [0.717, 1.165) is 68.1 Å². The van der Waals surface area contributed by atoms with Crippen LogP contribution in [0.2, 0.25) is 0 Å². The van der Waals surface area contributed by atoms with E-state index in [4.69, 9.17) is 0 Å². The van der Waals surface area contributed by atoms with Crippen molar-refractivity contribution in [1.82, 2.24) is 0 Å². The summed E-state index contributed by atoms with van der Waals surface area (Å²) in [7, 11) is 0. The number of unbranched alkanes of at least 4 members (excludes halogenated alkanes) is 2. The van der Waals surface area contributed by atoms with Gasteiger partial charge in [0.05, 0.1) is 5.56 Å². The van der Waals surface area contributed by atoms with E-state index >= 15 is 0 Å². The molecule has 0 aliphatic rings. The fraction of sp³-hybridized carbons (Fsp3) is 0.423. The van der Waals surface area contributed by atoms with Gasteiger partial charge in [0.15, 0.2) is 0 Å². The molecule has 0 heterocycles. The summed E-state index contributed by atoms with van der Waals surface area (Å²) in [5, 5.41) is 9.94. The van der Waals surface area contributed by atoms with E-state index in [-0.39, 0.29) is 0 Å². The molecule has 2 heteroatoms. The molecule has 1 N–H and O–H groups in total. The minimum atomic E-state index is -0.829. The number of benzene rings is 2. The first-order chi connectivity index (χ1) is 13.6. The number of hydrogen-bond donors (Lipinski definition) is 1. The Morgan fingerprint density at radius 2 is 1.61 bits per heavy atom. The van der Waals surface area contributed by atoms with Gasteiger partial charge in [-0.15, -0.1) is 0 Å². The first-order valence-electron chi connectivity index (χ1n) is 10.8. The van der Waals surface area contributed by atoms with Crippen LogP contribution in [-0.2, 0) is 12.8 Å². The molecular formula is C26H34O2. The van der Waals surface area contributed by atoms with E-state index in [0.29, 0.717) is 5.56 Å². The van der Waals surface area contributed by atoms with Crippen LogP contribution in [-0.4, -0.2) is 11.1 Å². The number of carboxylic acid groups (broad SMARTS) is 1. The summed E-state index contributed by atoms with van der Waals surface area (Å²) in [5.74, 6) is -0.829. The molecule has 0 radical (unpaired) electrons. The molecule has 28 heavy (non-hydrogen) atoms. The maximum absolute atomic E-state index is 12.1. The Morgan fingerprint density at radius 3 is 2.21 bits per heavy atom. The first kappa shape index (κ1) is 21.9. The van der Waals surface area contributed by atoms with Crippen LogP contribution < -0.4 is 0 Å². The summed E-state index contributed by atoms with van der Waals surface area (Å²) in [4.78, 5) is 12.1. The van der Waals surface area contributed by atoms with E-state index in [9.17, 15) is 9.90 Å². The number of aromatic carboxylic acids is 1. The lowest BCUT2D eigenvalue weighted by atomic mass is 9.84. The average molecular weight is 379 g/mol. The second-order valence-corrected chi connectivity index (χ2v) is 7.47. The molecule has 2 rings (SSSR count). The lowest BCUT2D eigenvalue weighted by molar-refractivity contribution is 0.0696. The van der Waals surface area contributed by atoms with Crippen LogP contribution in [0, 0.1) is 0 Å². The van der Waals surface area contributed by atoms with Crippen molar-refractivity contribution < 1.29 is 9.90 Å². The Kier molecular flexibility index (Phi) is 9.00. The van der Waals surface area contributed by atoms with Crippen LogP contribution in [0.25, 0.3) is 11.6 Å². The Balaban J connectivity index is 2.69. The lowest BCUT2D eigenvalue weighted by Crippen LogP contribution is -2.09. The Hall–Kier alpha value is -2.35. The SMILES string of the molecule is CCCCC(=Cc1ccccc1)c1c(C(=O)O)ccc(CCCC)c1CCC. The highest BCUT2D eigenvalue weighted by Gasteiger charge is 2.20. The molecule has 0 aromatic heterocycles. The maximum Gasteiger partial charge on any atom is 0.336 e. The molecule has 150 valence electrons. The summed E-state index contributed by atoms with van der Waals surface area (Å²) in [6, 6.07) is 14.1. The van der Waals surface area contributed by atoms with Gasteiger partial charge in [0.25, 0.3) is 0 Å². The van der Waals surface area contributed by atoms with E-state index in [1.54, 1.807) is 0 Å². The van der Waals surface area contributed by atoms with Gasteiger partial charge in [0.2, 0.25) is 0 Å². The topological polar surface area (TPSA) is 37.3 Å². The summed E-state index contributed by atoms with van der Waals surface area (Å²) in [5.41, 5.74) is 6.27. The summed E-state index contributed by atoms with van der Waals surface area (Å²) in [6.07, 6.45) is 10.5. The Labute approximate surface area is 170 Å². The highest BCUT2D eigenvalue weighted by atomic mass is 16.4. The van der Waals surface area contributed by atoms with Crippen molar-refractivity contribution in [2.75, 3.05) is 0 Å². The van der Waals surface area contributed by atoms with Gasteiger partial charge in [-0.25, -0.2) is 4.79 Å². The molecule has 0 aliphatic carbocycles. The molecule has 0 unspecified atom stereocenters. The quantitative estimate of drug-likeness (QED) is 0.413. The predicted molar refractivity (Wildman–Crippen MR) is 120 cm³/mol. The summed E-state index contributed by atoms with van der Waals surface area (Å²) >= 11 is 0. The van der Waals surface area contributed by atoms with Crippen molar-refractivity contribution in [1.29, 1.82) is 0 Å². The summed E-state index contributed by atoms with van der Waals surface area (Å²) in [6.45, 7) is 6.56. The van der Waals surface area contributed by atoms with E-state index in [1.165, 1.54) is 11.1 Å². The van der Waals surface area contributed by atoms with Crippen molar-refractivity contribution in [2.24, 2.45) is 0 Å². The largest absolute Gasteiger partial charge is 0.478 e. The second kappa shape index (κ2) is 11.5. The normalized spacial score (nSPS) is 11.6. The lowest BCUT2D eigenvalue weighted by Gasteiger charge is -2.20. The molecule has 0 spiro atoms. The third kappa shape index (κ3) is 5.82. The minimum Gasteiger partial charge on any atom is -0.478 e. The van der Waals surface area contributed by atoms with Gasteiger partial charge < -0.3 is 5.11 Å². The van der Waals surface area contributed by atoms with Crippen LogP contribution in [0.1, 0.15) is 91.9 Å². The van der Waals surface area contributed by atoms with Crippen molar-refractivity contribution >= 4 is 17.6 Å². The molecule has 2 aromatic carbocycles. The molecule has 2 nitrogen and oxygen atoms in total. The molecule has 0 bridgehead atoms. The third-order valence-electron chi connectivity index (χ3n) is 5.20. The highest BCUT2D eigenvalue weighted by Crippen LogP contribution is 2.33. The number of aryl methyl sites for hydroxylation is 1. The molecule has 0 aliphatic heterocycles. The molecule has 0 fully saturated rings. The number of allylic oxidation sites excluding steroid dienone is 1. The first-order valence-corrected chi connectivity index (χ1v) is 10.8. The maximum atomic E-state index is 12.1. The molecule has 2 aromatic rings. The van der Waals surface area contributed by atoms with Crippen molar-refractivity contribution in [3.63, 3.8) is 0 Å². The average Bonchev–Trinajstić information content (AvgIpc) is 2.70. The van der Waals surface area contributed by atoms with E-state index < -0.39 is 5.97 Å². The monoisotopic (exact) mass is 378 g/mol. The third-order valence-corrected chi connectivity index (χ3v) is 5.20. The van der Waals surface area contributed by atoms with E-state index in [1.807, 2.05) is 30.3 Å². The second-order valence-electron chi connectivity index (χ2n) is 7.47. The highest BCUT2D eigenvalue weighted by molar-refractivity contribution is 5.98. The number of carbonyl (C=O) groups is 1. The van der Waals surface area contributed by atoms with Gasteiger partial charge in [0.1, 0.15) is 0 Å². The van der Waals surface area contributed by atoms with Crippen LogP contribution in [0.4, 0.5) is 0 Å². The number of carboxylic acids is 1. The van der Waals surface area contributed by atoms with Crippen molar-refractivity contribution in [3.8, 4) is 0 Å². The minimum absolute atomic E-state index is 0.446. The van der Waals surface area contributed by atoms with Crippen LogP contribution in [0.5, 0.6) is 0 Å². The standard InChI is InChI=1S/C26H34O2/c1-4-7-15-21-17-18-24(26(27)28)25(23(21)12-6-3)22(16-8-5-2)19-20-13-10-9-11-14-20/h9-11,13-14,17-19H,4-8,12,15-16H2,1-3H3,(H,27,28). The molecule has 0 amide bonds. The molecular weight excluding hydrogens is 344 g/mol. The number of hydrogen-bond acceptors (Lipinski definition) is 1. The van der Waals surface area contributed by atoms with Gasteiger partial charge in [-0.3, -0.25) is 0 Å².